The summed E-state index contributed by atoms with van der Waals surface area (Å²) in [6, 6.07) is 2.10. The maximum atomic E-state index is 8.69. The summed E-state index contributed by atoms with van der Waals surface area (Å²) in [6.07, 6.45) is 2.68. The lowest BCUT2D eigenvalue weighted by Gasteiger charge is -1.99. The highest BCUT2D eigenvalue weighted by Crippen LogP contribution is 2.05. The molecule has 3 heteroatoms. The fourth-order valence-corrected chi connectivity index (χ4v) is 1.05. The zero-order valence-corrected chi connectivity index (χ0v) is 8.04. The molecule has 0 saturated carbocycles. The van der Waals surface area contributed by atoms with Crippen molar-refractivity contribution in [1.29, 1.82) is 5.26 Å². The van der Waals surface area contributed by atoms with Crippen LogP contribution in [0.2, 0.25) is 0 Å². The van der Waals surface area contributed by atoms with Gasteiger partial charge in [-0.15, -0.1) is 6.58 Å². The summed E-state index contributed by atoms with van der Waals surface area (Å²) in [4.78, 5) is 0. The van der Waals surface area contributed by atoms with Crippen molar-refractivity contribution in [1.82, 2.24) is 9.78 Å². The van der Waals surface area contributed by atoms with Gasteiger partial charge >= 0.3 is 0 Å². The summed E-state index contributed by atoms with van der Waals surface area (Å²) in [6.45, 7) is 8.45. The first-order valence-electron chi connectivity index (χ1n) is 4.22. The van der Waals surface area contributed by atoms with Crippen LogP contribution in [-0.2, 0) is 6.54 Å². The molecular formula is C10H13N3. The number of hydrogen-bond acceptors (Lipinski definition) is 2. The van der Waals surface area contributed by atoms with Gasteiger partial charge in [0.15, 0.2) is 0 Å². The lowest BCUT2D eigenvalue weighted by atomic mass is 10.2. The maximum absolute atomic E-state index is 8.69. The van der Waals surface area contributed by atoms with E-state index in [1.54, 1.807) is 10.9 Å². The van der Waals surface area contributed by atoms with E-state index >= 15 is 0 Å². The van der Waals surface area contributed by atoms with Crippen LogP contribution in [0.1, 0.15) is 24.6 Å². The van der Waals surface area contributed by atoms with Crippen LogP contribution >= 0.6 is 0 Å². The first kappa shape index (κ1) is 9.53. The highest BCUT2D eigenvalue weighted by atomic mass is 15.3. The third-order valence-electron chi connectivity index (χ3n) is 1.83. The second-order valence-electron chi connectivity index (χ2n) is 3.21. The third kappa shape index (κ3) is 2.45. The van der Waals surface area contributed by atoms with Crippen LogP contribution in [-0.4, -0.2) is 9.78 Å². The SMILES string of the molecule is C=C(C)CCn1cc(C#N)c(C)n1. The number of hydrogen-bond donors (Lipinski definition) is 0. The van der Waals surface area contributed by atoms with Crippen molar-refractivity contribution in [3.8, 4) is 6.07 Å². The van der Waals surface area contributed by atoms with E-state index in [1.165, 1.54) is 0 Å². The van der Waals surface area contributed by atoms with Gasteiger partial charge in [0.05, 0.1) is 11.3 Å². The fraction of sp³-hybridized carbons (Fsp3) is 0.400. The summed E-state index contributed by atoms with van der Waals surface area (Å²) in [7, 11) is 0. The first-order chi connectivity index (χ1) is 6.13. The number of aryl methyl sites for hydroxylation is 2. The number of nitriles is 1. The van der Waals surface area contributed by atoms with Crippen LogP contribution < -0.4 is 0 Å². The average molecular weight is 175 g/mol. The summed E-state index contributed by atoms with van der Waals surface area (Å²) >= 11 is 0. The first-order valence-corrected chi connectivity index (χ1v) is 4.22. The molecule has 0 N–H and O–H groups in total. The maximum Gasteiger partial charge on any atom is 0.103 e. The molecule has 0 spiro atoms. The smallest absolute Gasteiger partial charge is 0.103 e. The van der Waals surface area contributed by atoms with Crippen LogP contribution in [0.5, 0.6) is 0 Å². The molecule has 0 radical (unpaired) electrons. The van der Waals surface area contributed by atoms with Gasteiger partial charge in [0.25, 0.3) is 0 Å². The Kier molecular flexibility index (Phi) is 2.86. The van der Waals surface area contributed by atoms with E-state index < -0.39 is 0 Å². The minimum Gasteiger partial charge on any atom is -0.271 e. The molecular weight excluding hydrogens is 162 g/mol. The van der Waals surface area contributed by atoms with Crippen molar-refractivity contribution in [2.24, 2.45) is 0 Å². The Hall–Kier alpha value is -1.56. The third-order valence-corrected chi connectivity index (χ3v) is 1.83. The molecule has 1 heterocycles. The van der Waals surface area contributed by atoms with E-state index in [0.29, 0.717) is 5.56 Å². The van der Waals surface area contributed by atoms with Gasteiger partial charge in [-0.25, -0.2) is 0 Å². The van der Waals surface area contributed by atoms with Crippen molar-refractivity contribution >= 4 is 0 Å². The molecule has 0 unspecified atom stereocenters. The lowest BCUT2D eigenvalue weighted by Crippen LogP contribution is -1.98. The number of aromatic nitrogens is 2. The number of nitrogens with zero attached hydrogens (tertiary/aromatic N) is 3. The average Bonchev–Trinajstić information content (AvgIpc) is 2.43. The summed E-state index contributed by atoms with van der Waals surface area (Å²) in [5.74, 6) is 0. The summed E-state index contributed by atoms with van der Waals surface area (Å²) in [5.41, 5.74) is 2.58. The van der Waals surface area contributed by atoms with Gasteiger partial charge in [-0.3, -0.25) is 4.68 Å². The van der Waals surface area contributed by atoms with Crippen molar-refractivity contribution in [2.75, 3.05) is 0 Å². The molecule has 0 amide bonds. The molecule has 13 heavy (non-hydrogen) atoms. The molecule has 0 aliphatic carbocycles. The van der Waals surface area contributed by atoms with Crippen molar-refractivity contribution in [3.05, 3.63) is 29.6 Å². The highest BCUT2D eigenvalue weighted by molar-refractivity contribution is 5.29. The Morgan fingerprint density at radius 1 is 1.77 bits per heavy atom. The van der Waals surface area contributed by atoms with E-state index in [1.807, 2.05) is 13.8 Å². The van der Waals surface area contributed by atoms with E-state index in [2.05, 4.69) is 17.7 Å². The Labute approximate surface area is 78.3 Å². The van der Waals surface area contributed by atoms with Crippen molar-refractivity contribution in [2.45, 2.75) is 26.8 Å². The minimum atomic E-state index is 0.654. The zero-order chi connectivity index (χ0) is 9.84. The Morgan fingerprint density at radius 2 is 2.46 bits per heavy atom. The normalized spacial score (nSPS) is 9.62. The summed E-state index contributed by atoms with van der Waals surface area (Å²) < 4.78 is 1.79. The molecule has 1 rings (SSSR count). The second-order valence-corrected chi connectivity index (χ2v) is 3.21. The monoisotopic (exact) mass is 175 g/mol. The van der Waals surface area contributed by atoms with E-state index in [-0.39, 0.29) is 0 Å². The predicted octanol–water partition coefficient (Wildman–Crippen LogP) is 2.03. The second kappa shape index (κ2) is 3.90. The molecule has 3 nitrogen and oxygen atoms in total. The number of allylic oxidation sites excluding steroid dienone is 1. The molecule has 0 atom stereocenters. The van der Waals surface area contributed by atoms with Gasteiger partial charge in [0.1, 0.15) is 6.07 Å². The topological polar surface area (TPSA) is 41.6 Å². The zero-order valence-electron chi connectivity index (χ0n) is 8.04. The lowest BCUT2D eigenvalue weighted by molar-refractivity contribution is 0.608. The molecule has 1 aromatic rings. The quantitative estimate of drug-likeness (QED) is 0.659. The summed E-state index contributed by atoms with van der Waals surface area (Å²) in [5, 5.41) is 12.9. The molecule has 0 aliphatic heterocycles. The van der Waals surface area contributed by atoms with Crippen LogP contribution in [0.3, 0.4) is 0 Å². The highest BCUT2D eigenvalue weighted by Gasteiger charge is 2.02. The van der Waals surface area contributed by atoms with Gasteiger partial charge in [-0.05, 0) is 20.3 Å². The molecule has 0 fully saturated rings. The molecule has 1 aromatic heterocycles. The molecule has 0 aliphatic rings. The van der Waals surface area contributed by atoms with Crippen LogP contribution in [0, 0.1) is 18.3 Å². The van der Waals surface area contributed by atoms with Gasteiger partial charge in [-0.1, -0.05) is 5.57 Å². The Bertz CT molecular complexity index is 355. The Morgan fingerprint density at radius 3 is 2.92 bits per heavy atom. The van der Waals surface area contributed by atoms with Gasteiger partial charge < -0.3 is 0 Å². The Balaban J connectivity index is 2.69. The van der Waals surface area contributed by atoms with Gasteiger partial charge in [0.2, 0.25) is 0 Å². The minimum absolute atomic E-state index is 0.654. The largest absolute Gasteiger partial charge is 0.271 e. The molecule has 68 valence electrons. The van der Waals surface area contributed by atoms with Crippen LogP contribution in [0.4, 0.5) is 0 Å². The van der Waals surface area contributed by atoms with Crippen LogP contribution in [0.25, 0.3) is 0 Å². The number of rotatable bonds is 3. The predicted molar refractivity (Wildman–Crippen MR) is 51.1 cm³/mol. The van der Waals surface area contributed by atoms with Crippen LogP contribution in [0.15, 0.2) is 18.3 Å². The molecule has 0 saturated heterocycles. The fourth-order valence-electron chi connectivity index (χ4n) is 1.05. The van der Waals surface area contributed by atoms with Gasteiger partial charge in [-0.2, -0.15) is 10.4 Å². The molecule has 0 bridgehead atoms. The standard InChI is InChI=1S/C10H13N3/c1-8(2)4-5-13-7-10(6-11)9(3)12-13/h7H,1,4-5H2,2-3H3. The van der Waals surface area contributed by atoms with E-state index in [4.69, 9.17) is 5.26 Å². The van der Waals surface area contributed by atoms with E-state index in [0.717, 1.165) is 24.2 Å². The van der Waals surface area contributed by atoms with Crippen molar-refractivity contribution in [3.63, 3.8) is 0 Å². The molecule has 0 aromatic carbocycles. The van der Waals surface area contributed by atoms with Gasteiger partial charge in [0, 0.05) is 12.7 Å². The van der Waals surface area contributed by atoms with E-state index in [9.17, 15) is 0 Å². The van der Waals surface area contributed by atoms with Crippen molar-refractivity contribution < 1.29 is 0 Å².